The number of hydrogen-bond acceptors (Lipinski definition) is 3. The molecular formula is C14H25N3O. The second kappa shape index (κ2) is 5.65. The molecule has 0 saturated carbocycles. The van der Waals surface area contributed by atoms with E-state index in [1.165, 1.54) is 0 Å². The van der Waals surface area contributed by atoms with Gasteiger partial charge in [0.25, 0.3) is 0 Å². The largest absolute Gasteiger partial charge is 0.297 e. The number of hydrogen-bond donors (Lipinski definition) is 0. The van der Waals surface area contributed by atoms with Crippen molar-refractivity contribution < 1.29 is 4.79 Å². The number of aromatic nitrogens is 2. The molecule has 1 rings (SSSR count). The van der Waals surface area contributed by atoms with E-state index in [1.54, 1.807) is 4.68 Å². The molecule has 0 fully saturated rings. The van der Waals surface area contributed by atoms with Crippen LogP contribution in [0.4, 0.5) is 0 Å². The maximum absolute atomic E-state index is 12.6. The molecule has 1 aromatic rings. The second-order valence-corrected chi connectivity index (χ2v) is 5.13. The Balaban J connectivity index is 2.96. The Morgan fingerprint density at radius 3 is 2.28 bits per heavy atom. The van der Waals surface area contributed by atoms with Gasteiger partial charge in [-0.2, -0.15) is 5.10 Å². The zero-order chi connectivity index (χ0) is 13.9. The fraction of sp³-hybridized carbons (Fsp3) is 0.714. The van der Waals surface area contributed by atoms with Gasteiger partial charge in [-0.15, -0.1) is 0 Å². The summed E-state index contributed by atoms with van der Waals surface area (Å²) < 4.78 is 1.80. The molecule has 0 aromatic carbocycles. The van der Waals surface area contributed by atoms with E-state index in [4.69, 9.17) is 0 Å². The van der Waals surface area contributed by atoms with Gasteiger partial charge in [-0.1, -0.05) is 13.8 Å². The first-order valence-corrected chi connectivity index (χ1v) is 6.57. The Morgan fingerprint density at radius 2 is 1.94 bits per heavy atom. The van der Waals surface area contributed by atoms with Crippen molar-refractivity contribution in [3.05, 3.63) is 17.5 Å². The van der Waals surface area contributed by atoms with Crippen molar-refractivity contribution in [2.45, 2.75) is 45.6 Å². The Bertz CT molecular complexity index is 417. The molecule has 4 nitrogen and oxygen atoms in total. The molecule has 0 bridgehead atoms. The molecule has 0 spiro atoms. The number of ketones is 1. The summed E-state index contributed by atoms with van der Waals surface area (Å²) in [7, 11) is 5.86. The van der Waals surface area contributed by atoms with E-state index in [1.807, 2.05) is 34.1 Å². The van der Waals surface area contributed by atoms with Crippen LogP contribution in [0.5, 0.6) is 0 Å². The molecule has 1 heterocycles. The van der Waals surface area contributed by atoms with Crippen molar-refractivity contribution in [3.63, 3.8) is 0 Å². The zero-order valence-electron chi connectivity index (χ0n) is 12.4. The molecule has 4 heteroatoms. The maximum Gasteiger partial charge on any atom is 0.158 e. The molecule has 0 atom stereocenters. The highest BCUT2D eigenvalue weighted by molar-refractivity contribution is 5.89. The first kappa shape index (κ1) is 14.9. The lowest BCUT2D eigenvalue weighted by Crippen LogP contribution is -2.51. The van der Waals surface area contributed by atoms with Crippen molar-refractivity contribution in [1.82, 2.24) is 14.7 Å². The van der Waals surface area contributed by atoms with Crippen LogP contribution in [-0.2, 0) is 18.3 Å². The zero-order valence-corrected chi connectivity index (χ0v) is 12.4. The van der Waals surface area contributed by atoms with Gasteiger partial charge in [0.15, 0.2) is 5.78 Å². The van der Waals surface area contributed by atoms with Crippen LogP contribution in [0.2, 0.25) is 0 Å². The van der Waals surface area contributed by atoms with Gasteiger partial charge < -0.3 is 0 Å². The molecule has 0 N–H and O–H groups in total. The highest BCUT2D eigenvalue weighted by Gasteiger charge is 2.36. The number of rotatable bonds is 6. The molecule has 0 saturated heterocycles. The number of aryl methyl sites for hydroxylation is 2. The van der Waals surface area contributed by atoms with E-state index in [0.717, 1.165) is 24.2 Å². The third-order valence-corrected chi connectivity index (χ3v) is 3.99. The third-order valence-electron chi connectivity index (χ3n) is 3.99. The van der Waals surface area contributed by atoms with Crippen LogP contribution in [0.15, 0.2) is 6.07 Å². The summed E-state index contributed by atoms with van der Waals surface area (Å²) in [6.07, 6.45) is 2.13. The summed E-state index contributed by atoms with van der Waals surface area (Å²) in [5.41, 5.74) is 1.60. The second-order valence-electron chi connectivity index (χ2n) is 5.13. The van der Waals surface area contributed by atoms with Crippen molar-refractivity contribution in [2.75, 3.05) is 14.1 Å². The normalized spacial score (nSPS) is 12.2. The van der Waals surface area contributed by atoms with E-state index >= 15 is 0 Å². The highest BCUT2D eigenvalue weighted by Crippen LogP contribution is 2.24. The predicted octanol–water partition coefficient (Wildman–Crippen LogP) is 1.96. The first-order chi connectivity index (χ1) is 8.37. The van der Waals surface area contributed by atoms with Crippen LogP contribution in [0.1, 0.15) is 38.1 Å². The standard InChI is InChI=1S/C14H25N3O/c1-7-14(8-2,16(4)5)13(18)10-12-9-11(3)15-17(12)6/h9H,7-8,10H2,1-6H3. The number of likely N-dealkylation sites (N-methyl/N-ethyl adjacent to an activating group) is 1. The quantitative estimate of drug-likeness (QED) is 0.775. The predicted molar refractivity (Wildman–Crippen MR) is 73.7 cm³/mol. The highest BCUT2D eigenvalue weighted by atomic mass is 16.1. The number of carbonyl (C=O) groups excluding carboxylic acids is 1. The summed E-state index contributed by atoms with van der Waals surface area (Å²) in [6.45, 7) is 6.11. The van der Waals surface area contributed by atoms with E-state index in [2.05, 4.69) is 23.8 Å². The van der Waals surface area contributed by atoms with E-state index in [0.29, 0.717) is 6.42 Å². The Hall–Kier alpha value is -1.16. The average Bonchev–Trinajstić information content (AvgIpc) is 2.59. The van der Waals surface area contributed by atoms with Crippen LogP contribution >= 0.6 is 0 Å². The number of nitrogens with zero attached hydrogens (tertiary/aromatic N) is 3. The Labute approximate surface area is 110 Å². The van der Waals surface area contributed by atoms with Gasteiger partial charge in [0.1, 0.15) is 0 Å². The summed E-state index contributed by atoms with van der Waals surface area (Å²) in [4.78, 5) is 14.7. The first-order valence-electron chi connectivity index (χ1n) is 6.57. The minimum absolute atomic E-state index is 0.278. The van der Waals surface area contributed by atoms with Gasteiger partial charge in [0, 0.05) is 12.7 Å². The van der Waals surface area contributed by atoms with Crippen LogP contribution in [-0.4, -0.2) is 40.1 Å². The van der Waals surface area contributed by atoms with Gasteiger partial charge >= 0.3 is 0 Å². The molecule has 0 aliphatic carbocycles. The van der Waals surface area contributed by atoms with E-state index < -0.39 is 0 Å². The van der Waals surface area contributed by atoms with E-state index in [9.17, 15) is 4.79 Å². The van der Waals surface area contributed by atoms with E-state index in [-0.39, 0.29) is 11.3 Å². The number of carbonyl (C=O) groups is 1. The summed E-state index contributed by atoms with van der Waals surface area (Å²) in [6, 6.07) is 1.99. The minimum Gasteiger partial charge on any atom is -0.297 e. The minimum atomic E-state index is -0.349. The van der Waals surface area contributed by atoms with Gasteiger partial charge in [-0.05, 0) is 39.9 Å². The molecule has 0 radical (unpaired) electrons. The summed E-state index contributed by atoms with van der Waals surface area (Å²) in [5.74, 6) is 0.278. The van der Waals surface area contributed by atoms with Crippen LogP contribution in [0, 0.1) is 6.92 Å². The fourth-order valence-corrected chi connectivity index (χ4v) is 2.68. The van der Waals surface area contributed by atoms with Gasteiger partial charge in [-0.3, -0.25) is 14.4 Å². The van der Waals surface area contributed by atoms with Crippen LogP contribution in [0.3, 0.4) is 0 Å². The number of Topliss-reactive ketones (excluding diaryl/α,β-unsaturated/α-hetero) is 1. The Morgan fingerprint density at radius 1 is 1.39 bits per heavy atom. The SMILES string of the molecule is CCC(CC)(C(=O)Cc1cc(C)nn1C)N(C)C. The molecular weight excluding hydrogens is 226 g/mol. The molecule has 102 valence electrons. The van der Waals surface area contributed by atoms with Gasteiger partial charge in [-0.25, -0.2) is 0 Å². The lowest BCUT2D eigenvalue weighted by molar-refractivity contribution is -0.129. The monoisotopic (exact) mass is 251 g/mol. The molecule has 0 amide bonds. The summed E-state index contributed by atoms with van der Waals surface area (Å²) in [5, 5.41) is 4.29. The fourth-order valence-electron chi connectivity index (χ4n) is 2.68. The van der Waals surface area contributed by atoms with Crippen LogP contribution in [0.25, 0.3) is 0 Å². The smallest absolute Gasteiger partial charge is 0.158 e. The van der Waals surface area contributed by atoms with Crippen molar-refractivity contribution in [3.8, 4) is 0 Å². The summed E-state index contributed by atoms with van der Waals surface area (Å²) >= 11 is 0. The lowest BCUT2D eigenvalue weighted by atomic mass is 9.84. The molecule has 0 unspecified atom stereocenters. The molecule has 0 aliphatic heterocycles. The van der Waals surface area contributed by atoms with Crippen molar-refractivity contribution in [2.24, 2.45) is 7.05 Å². The van der Waals surface area contributed by atoms with Gasteiger partial charge in [0.2, 0.25) is 0 Å². The topological polar surface area (TPSA) is 38.1 Å². The van der Waals surface area contributed by atoms with Crippen molar-refractivity contribution >= 4 is 5.78 Å². The lowest BCUT2D eigenvalue weighted by Gasteiger charge is -2.37. The Kier molecular flexibility index (Phi) is 4.68. The molecule has 0 aliphatic rings. The molecule has 18 heavy (non-hydrogen) atoms. The third kappa shape index (κ3) is 2.64. The maximum atomic E-state index is 12.6. The van der Waals surface area contributed by atoms with Gasteiger partial charge in [0.05, 0.1) is 17.7 Å². The van der Waals surface area contributed by atoms with Crippen molar-refractivity contribution in [1.29, 1.82) is 0 Å². The van der Waals surface area contributed by atoms with Crippen LogP contribution < -0.4 is 0 Å². The molecule has 1 aromatic heterocycles. The average molecular weight is 251 g/mol.